The Balaban J connectivity index is 1.42. The van der Waals surface area contributed by atoms with E-state index in [0.29, 0.717) is 43.6 Å². The lowest BCUT2D eigenvalue weighted by atomic mass is 9.89. The van der Waals surface area contributed by atoms with Crippen LogP contribution in [0.15, 0.2) is 60.0 Å². The fraction of sp³-hybridized carbons (Fsp3) is 0.357. The fourth-order valence-electron chi connectivity index (χ4n) is 4.52. The van der Waals surface area contributed by atoms with Gasteiger partial charge in [0.05, 0.1) is 11.3 Å². The summed E-state index contributed by atoms with van der Waals surface area (Å²) in [5.41, 5.74) is 2.90. The molecule has 2 aromatic heterocycles. The third-order valence-electron chi connectivity index (χ3n) is 6.35. The molecule has 1 aliphatic heterocycles. The summed E-state index contributed by atoms with van der Waals surface area (Å²) < 4.78 is 5.40. The van der Waals surface area contributed by atoms with Crippen molar-refractivity contribution in [2.75, 3.05) is 19.6 Å². The van der Waals surface area contributed by atoms with Crippen LogP contribution in [0.4, 0.5) is 0 Å². The van der Waals surface area contributed by atoms with Crippen LogP contribution in [0.3, 0.4) is 0 Å². The lowest BCUT2D eigenvalue weighted by Gasteiger charge is -2.34. The van der Waals surface area contributed by atoms with Crippen LogP contribution in [-0.2, 0) is 20.7 Å². The number of carbonyl (C=O) groups excluding carboxylic acids is 3. The number of nitrogens with one attached hydrogen (secondary N) is 1. The van der Waals surface area contributed by atoms with Crippen LogP contribution in [0.5, 0.6) is 0 Å². The van der Waals surface area contributed by atoms with Gasteiger partial charge in [-0.2, -0.15) is 0 Å². The van der Waals surface area contributed by atoms with Crippen molar-refractivity contribution < 1.29 is 19.1 Å². The standard InChI is InChI=1S/C28H31N3O4S/c1-19-10-11-24(27(33)29-15-12-23-9-6-18-36-23)25(30-19)21-13-16-31(17-14-21)28(34)26(35-20(2)32)22-7-4-3-5-8-22/h3-11,18,21,26H,12-17H2,1-2H3,(H,29,33). The number of ether oxygens (including phenoxy) is 1. The quantitative estimate of drug-likeness (QED) is 0.458. The Morgan fingerprint density at radius 3 is 2.50 bits per heavy atom. The number of aryl methyl sites for hydroxylation is 1. The highest BCUT2D eigenvalue weighted by Gasteiger charge is 2.33. The maximum Gasteiger partial charge on any atom is 0.303 e. The molecule has 0 radical (unpaired) electrons. The van der Waals surface area contributed by atoms with E-state index in [1.54, 1.807) is 28.4 Å². The van der Waals surface area contributed by atoms with Gasteiger partial charge in [-0.05, 0) is 49.8 Å². The number of piperidine rings is 1. The van der Waals surface area contributed by atoms with Crippen LogP contribution >= 0.6 is 11.3 Å². The topological polar surface area (TPSA) is 88.6 Å². The lowest BCUT2D eigenvalue weighted by molar-refractivity contribution is -0.159. The maximum absolute atomic E-state index is 13.3. The molecule has 1 aliphatic rings. The molecule has 3 heterocycles. The number of hydrogen-bond acceptors (Lipinski definition) is 6. The molecule has 0 saturated carbocycles. The van der Waals surface area contributed by atoms with Crippen LogP contribution in [-0.4, -0.2) is 47.3 Å². The second kappa shape index (κ2) is 11.9. The van der Waals surface area contributed by atoms with E-state index in [9.17, 15) is 14.4 Å². The summed E-state index contributed by atoms with van der Waals surface area (Å²) in [5, 5.41) is 5.06. The van der Waals surface area contributed by atoms with Gasteiger partial charge in [0.2, 0.25) is 6.10 Å². The number of thiophene rings is 1. The molecule has 1 fully saturated rings. The van der Waals surface area contributed by atoms with Crippen molar-refractivity contribution in [2.24, 2.45) is 0 Å². The van der Waals surface area contributed by atoms with E-state index in [1.165, 1.54) is 11.8 Å². The Bertz CT molecular complexity index is 1190. The minimum atomic E-state index is -0.956. The number of pyridine rings is 1. The van der Waals surface area contributed by atoms with Crippen molar-refractivity contribution in [3.63, 3.8) is 0 Å². The molecule has 36 heavy (non-hydrogen) atoms. The first kappa shape index (κ1) is 25.6. The van der Waals surface area contributed by atoms with Gasteiger partial charge in [-0.15, -0.1) is 11.3 Å². The molecule has 8 heteroatoms. The number of hydrogen-bond donors (Lipinski definition) is 1. The van der Waals surface area contributed by atoms with Gasteiger partial charge < -0.3 is 15.0 Å². The Morgan fingerprint density at radius 1 is 1.08 bits per heavy atom. The summed E-state index contributed by atoms with van der Waals surface area (Å²) in [6.45, 7) is 4.80. The van der Waals surface area contributed by atoms with Crippen molar-refractivity contribution in [1.29, 1.82) is 0 Å². The zero-order valence-corrected chi connectivity index (χ0v) is 21.4. The molecule has 0 bridgehead atoms. The summed E-state index contributed by atoms with van der Waals surface area (Å²) in [7, 11) is 0. The Kier molecular flexibility index (Phi) is 8.48. The predicted molar refractivity (Wildman–Crippen MR) is 139 cm³/mol. The summed E-state index contributed by atoms with van der Waals surface area (Å²) in [5.74, 6) is -0.771. The number of carbonyl (C=O) groups is 3. The zero-order valence-electron chi connectivity index (χ0n) is 20.6. The molecular formula is C28H31N3O4S. The minimum absolute atomic E-state index is 0.0656. The molecule has 1 N–H and O–H groups in total. The summed E-state index contributed by atoms with van der Waals surface area (Å²) in [4.78, 5) is 45.7. The Hall–Kier alpha value is -3.52. The molecule has 2 amide bonds. The molecule has 1 unspecified atom stereocenters. The SMILES string of the molecule is CC(=O)OC(C(=O)N1CCC(c2nc(C)ccc2C(=O)NCCc2cccs2)CC1)c1ccccc1. The van der Waals surface area contributed by atoms with Crippen molar-refractivity contribution in [3.8, 4) is 0 Å². The molecule has 1 aromatic carbocycles. The highest BCUT2D eigenvalue weighted by atomic mass is 32.1. The smallest absolute Gasteiger partial charge is 0.303 e. The van der Waals surface area contributed by atoms with Crippen LogP contribution in [0.2, 0.25) is 0 Å². The van der Waals surface area contributed by atoms with E-state index in [4.69, 9.17) is 9.72 Å². The molecular weight excluding hydrogens is 474 g/mol. The fourth-order valence-corrected chi connectivity index (χ4v) is 5.23. The summed E-state index contributed by atoms with van der Waals surface area (Å²) in [6, 6.07) is 16.9. The third-order valence-corrected chi connectivity index (χ3v) is 7.29. The first-order chi connectivity index (χ1) is 17.4. The average Bonchev–Trinajstić information content (AvgIpc) is 3.41. The number of amides is 2. The zero-order chi connectivity index (χ0) is 25.5. The van der Waals surface area contributed by atoms with Gasteiger partial charge in [0.1, 0.15) is 0 Å². The molecule has 1 atom stereocenters. The number of esters is 1. The Labute approximate surface area is 215 Å². The second-order valence-corrected chi connectivity index (χ2v) is 10.0. The number of aromatic nitrogens is 1. The van der Waals surface area contributed by atoms with E-state index in [0.717, 1.165) is 17.8 Å². The molecule has 3 aromatic rings. The molecule has 188 valence electrons. The van der Waals surface area contributed by atoms with E-state index >= 15 is 0 Å². The largest absolute Gasteiger partial charge is 0.447 e. The van der Waals surface area contributed by atoms with E-state index in [-0.39, 0.29) is 17.7 Å². The Morgan fingerprint density at radius 2 is 1.83 bits per heavy atom. The minimum Gasteiger partial charge on any atom is -0.447 e. The van der Waals surface area contributed by atoms with Crippen molar-refractivity contribution in [1.82, 2.24) is 15.2 Å². The van der Waals surface area contributed by atoms with E-state index < -0.39 is 12.1 Å². The van der Waals surface area contributed by atoms with Gasteiger partial charge in [0.15, 0.2) is 0 Å². The maximum atomic E-state index is 13.3. The first-order valence-electron chi connectivity index (χ1n) is 12.2. The average molecular weight is 506 g/mol. The highest BCUT2D eigenvalue weighted by Crippen LogP contribution is 2.31. The number of nitrogens with zero attached hydrogens (tertiary/aromatic N) is 2. The molecule has 0 spiro atoms. The van der Waals surface area contributed by atoms with Gasteiger partial charge in [-0.25, -0.2) is 0 Å². The molecule has 1 saturated heterocycles. The van der Waals surface area contributed by atoms with Crippen molar-refractivity contribution >= 4 is 29.1 Å². The van der Waals surface area contributed by atoms with E-state index in [1.807, 2.05) is 48.7 Å². The van der Waals surface area contributed by atoms with Gasteiger partial charge >= 0.3 is 5.97 Å². The van der Waals surface area contributed by atoms with Crippen LogP contribution in [0.25, 0.3) is 0 Å². The van der Waals surface area contributed by atoms with Crippen LogP contribution in [0.1, 0.15) is 64.0 Å². The highest BCUT2D eigenvalue weighted by molar-refractivity contribution is 7.09. The third kappa shape index (κ3) is 6.37. The summed E-state index contributed by atoms with van der Waals surface area (Å²) in [6.07, 6.45) is 1.20. The monoisotopic (exact) mass is 505 g/mol. The first-order valence-corrected chi connectivity index (χ1v) is 13.1. The van der Waals surface area contributed by atoms with Gasteiger partial charge in [-0.3, -0.25) is 19.4 Å². The van der Waals surface area contributed by atoms with Gasteiger partial charge in [-0.1, -0.05) is 36.4 Å². The predicted octanol–water partition coefficient (Wildman–Crippen LogP) is 4.43. The van der Waals surface area contributed by atoms with E-state index in [2.05, 4.69) is 11.4 Å². The van der Waals surface area contributed by atoms with Crippen LogP contribution < -0.4 is 5.32 Å². The number of rotatable bonds is 8. The van der Waals surface area contributed by atoms with Crippen LogP contribution in [0, 0.1) is 6.92 Å². The molecule has 4 rings (SSSR count). The lowest BCUT2D eigenvalue weighted by Crippen LogP contribution is -2.42. The number of benzene rings is 1. The molecule has 0 aliphatic carbocycles. The van der Waals surface area contributed by atoms with Gasteiger partial charge in [0.25, 0.3) is 11.8 Å². The summed E-state index contributed by atoms with van der Waals surface area (Å²) >= 11 is 1.68. The van der Waals surface area contributed by atoms with Crippen molar-refractivity contribution in [3.05, 3.63) is 87.4 Å². The van der Waals surface area contributed by atoms with Gasteiger partial charge in [0, 0.05) is 48.6 Å². The number of likely N-dealkylation sites (tertiary alicyclic amines) is 1. The second-order valence-electron chi connectivity index (χ2n) is 8.97. The normalized spacial score (nSPS) is 14.8. The molecule has 7 nitrogen and oxygen atoms in total. The van der Waals surface area contributed by atoms with Crippen molar-refractivity contribution in [2.45, 2.75) is 45.1 Å².